The third-order valence-electron chi connectivity index (χ3n) is 3.89. The topological polar surface area (TPSA) is 76.1 Å². The Morgan fingerprint density at radius 2 is 1.73 bits per heavy atom. The van der Waals surface area contributed by atoms with Crippen LogP contribution in [-0.2, 0) is 16.3 Å². The van der Waals surface area contributed by atoms with Gasteiger partial charge in [0.15, 0.2) is 9.84 Å². The molecule has 1 amide bonds. The lowest BCUT2D eigenvalue weighted by molar-refractivity contribution is 0.102. The molecular formula is C19H18N2O3S2. The summed E-state index contributed by atoms with van der Waals surface area (Å²) in [7, 11) is -3.26. The van der Waals surface area contributed by atoms with Crippen molar-refractivity contribution in [2.45, 2.75) is 18.2 Å². The fourth-order valence-electron chi connectivity index (χ4n) is 2.37. The summed E-state index contributed by atoms with van der Waals surface area (Å²) in [5.41, 5.74) is 3.07. The van der Waals surface area contributed by atoms with Crippen molar-refractivity contribution in [3.63, 3.8) is 0 Å². The van der Waals surface area contributed by atoms with Crippen LogP contribution in [0.4, 0.5) is 5.69 Å². The molecule has 0 unspecified atom stereocenters. The number of hydrogen-bond acceptors (Lipinski definition) is 5. The molecule has 1 N–H and O–H groups in total. The zero-order chi connectivity index (χ0) is 18.7. The molecule has 0 aliphatic heterocycles. The van der Waals surface area contributed by atoms with Gasteiger partial charge < -0.3 is 5.32 Å². The van der Waals surface area contributed by atoms with E-state index in [1.807, 2.05) is 12.1 Å². The molecule has 0 bridgehead atoms. The van der Waals surface area contributed by atoms with Crippen molar-refractivity contribution in [3.05, 3.63) is 65.2 Å². The van der Waals surface area contributed by atoms with Crippen LogP contribution in [-0.4, -0.2) is 25.6 Å². The highest BCUT2D eigenvalue weighted by Crippen LogP contribution is 2.25. The van der Waals surface area contributed by atoms with Crippen LogP contribution >= 0.6 is 11.3 Å². The molecule has 0 radical (unpaired) electrons. The predicted molar refractivity (Wildman–Crippen MR) is 104 cm³/mol. The maximum atomic E-state index is 12.4. The van der Waals surface area contributed by atoms with E-state index < -0.39 is 9.84 Å². The molecule has 0 aliphatic carbocycles. The number of sulfone groups is 1. The standard InChI is InChI=1S/C19H18N2O3S2/c1-3-13-4-6-14(7-5-13)19-21-17(12-25-19)18(22)20-15-8-10-16(11-9-15)26(2,23)24/h4-12H,3H2,1-2H3,(H,20,22). The van der Waals surface area contributed by atoms with Gasteiger partial charge in [0.1, 0.15) is 10.7 Å². The molecule has 7 heteroatoms. The highest BCUT2D eigenvalue weighted by Gasteiger charge is 2.13. The van der Waals surface area contributed by atoms with Crippen molar-refractivity contribution in [1.82, 2.24) is 4.98 Å². The van der Waals surface area contributed by atoms with Crippen LogP contribution in [0.5, 0.6) is 0 Å². The summed E-state index contributed by atoms with van der Waals surface area (Å²) in [4.78, 5) is 17.0. The molecule has 0 saturated carbocycles. The first kappa shape index (κ1) is 18.3. The van der Waals surface area contributed by atoms with E-state index >= 15 is 0 Å². The fourth-order valence-corrected chi connectivity index (χ4v) is 3.81. The number of carbonyl (C=O) groups is 1. The van der Waals surface area contributed by atoms with Gasteiger partial charge in [-0.3, -0.25) is 4.79 Å². The Morgan fingerprint density at radius 3 is 2.31 bits per heavy atom. The summed E-state index contributed by atoms with van der Waals surface area (Å²) < 4.78 is 22.9. The van der Waals surface area contributed by atoms with Crippen molar-refractivity contribution in [2.24, 2.45) is 0 Å². The molecule has 0 aliphatic rings. The van der Waals surface area contributed by atoms with Gasteiger partial charge in [0.2, 0.25) is 0 Å². The number of nitrogens with one attached hydrogen (secondary N) is 1. The highest BCUT2D eigenvalue weighted by atomic mass is 32.2. The average Bonchev–Trinajstić information content (AvgIpc) is 3.12. The van der Waals surface area contributed by atoms with Gasteiger partial charge in [-0.2, -0.15) is 0 Å². The number of aromatic nitrogens is 1. The largest absolute Gasteiger partial charge is 0.321 e. The van der Waals surface area contributed by atoms with Crippen LogP contribution in [0.3, 0.4) is 0 Å². The molecule has 2 aromatic carbocycles. The number of rotatable bonds is 5. The first-order chi connectivity index (χ1) is 12.4. The second-order valence-electron chi connectivity index (χ2n) is 5.84. The van der Waals surface area contributed by atoms with E-state index in [0.29, 0.717) is 11.4 Å². The maximum Gasteiger partial charge on any atom is 0.275 e. The molecule has 3 aromatic rings. The minimum atomic E-state index is -3.26. The van der Waals surface area contributed by atoms with Crippen molar-refractivity contribution >= 4 is 32.8 Å². The summed E-state index contributed by atoms with van der Waals surface area (Å²) in [6, 6.07) is 14.2. The molecule has 1 aromatic heterocycles. The van der Waals surface area contributed by atoms with Crippen molar-refractivity contribution in [3.8, 4) is 10.6 Å². The van der Waals surface area contributed by atoms with Gasteiger partial charge in [-0.25, -0.2) is 13.4 Å². The summed E-state index contributed by atoms with van der Waals surface area (Å²) in [5, 5.41) is 5.22. The monoisotopic (exact) mass is 386 g/mol. The second kappa shape index (κ2) is 7.39. The minimum absolute atomic E-state index is 0.210. The summed E-state index contributed by atoms with van der Waals surface area (Å²) in [5.74, 6) is -0.329. The lowest BCUT2D eigenvalue weighted by Gasteiger charge is -2.04. The Kier molecular flexibility index (Phi) is 5.20. The Morgan fingerprint density at radius 1 is 1.08 bits per heavy atom. The molecule has 5 nitrogen and oxygen atoms in total. The number of aryl methyl sites for hydroxylation is 1. The van der Waals surface area contributed by atoms with Gasteiger partial charge in [-0.15, -0.1) is 11.3 Å². The molecular weight excluding hydrogens is 368 g/mol. The normalized spacial score (nSPS) is 11.3. The molecule has 0 fully saturated rings. The van der Waals surface area contributed by atoms with Gasteiger partial charge in [0.05, 0.1) is 4.90 Å². The van der Waals surface area contributed by atoms with Crippen molar-refractivity contribution < 1.29 is 13.2 Å². The van der Waals surface area contributed by atoms with E-state index in [4.69, 9.17) is 0 Å². The average molecular weight is 386 g/mol. The molecule has 134 valence electrons. The van der Waals surface area contributed by atoms with Gasteiger partial charge in [0, 0.05) is 22.9 Å². The Hall–Kier alpha value is -2.51. The number of nitrogens with zero attached hydrogens (tertiary/aromatic N) is 1. The van der Waals surface area contributed by atoms with Crippen LogP contribution in [0, 0.1) is 0 Å². The Labute approximate surface area is 156 Å². The number of carbonyl (C=O) groups excluding carboxylic acids is 1. The van der Waals surface area contributed by atoms with Crippen molar-refractivity contribution in [1.29, 1.82) is 0 Å². The van der Waals surface area contributed by atoms with Gasteiger partial charge in [0.25, 0.3) is 5.91 Å². The SMILES string of the molecule is CCc1ccc(-c2nc(C(=O)Nc3ccc(S(C)(=O)=O)cc3)cs2)cc1. The fraction of sp³-hybridized carbons (Fsp3) is 0.158. The van der Waals surface area contributed by atoms with Gasteiger partial charge >= 0.3 is 0 Å². The maximum absolute atomic E-state index is 12.4. The molecule has 0 saturated heterocycles. The summed E-state index contributed by atoms with van der Waals surface area (Å²) in [6.45, 7) is 2.10. The van der Waals surface area contributed by atoms with Crippen molar-refractivity contribution in [2.75, 3.05) is 11.6 Å². The third kappa shape index (κ3) is 4.17. The van der Waals surface area contributed by atoms with E-state index in [2.05, 4.69) is 29.4 Å². The summed E-state index contributed by atoms with van der Waals surface area (Å²) in [6.07, 6.45) is 2.12. The Balaban J connectivity index is 1.73. The van der Waals surface area contributed by atoms with Crippen LogP contribution in [0.1, 0.15) is 23.0 Å². The number of amides is 1. The van der Waals surface area contributed by atoms with Gasteiger partial charge in [-0.05, 0) is 36.2 Å². The van der Waals surface area contributed by atoms with Crippen LogP contribution in [0.2, 0.25) is 0 Å². The number of anilines is 1. The smallest absolute Gasteiger partial charge is 0.275 e. The zero-order valence-electron chi connectivity index (χ0n) is 14.4. The lowest BCUT2D eigenvalue weighted by Crippen LogP contribution is -2.12. The van der Waals surface area contributed by atoms with E-state index in [0.717, 1.165) is 23.2 Å². The van der Waals surface area contributed by atoms with Gasteiger partial charge in [-0.1, -0.05) is 31.2 Å². The molecule has 3 rings (SSSR count). The van der Waals surface area contributed by atoms with E-state index in [9.17, 15) is 13.2 Å². The quantitative estimate of drug-likeness (QED) is 0.718. The highest BCUT2D eigenvalue weighted by molar-refractivity contribution is 7.90. The molecule has 1 heterocycles. The number of thiazole rings is 1. The van der Waals surface area contributed by atoms with E-state index in [1.54, 1.807) is 17.5 Å². The predicted octanol–water partition coefficient (Wildman–Crippen LogP) is 4.03. The van der Waals surface area contributed by atoms with Crippen LogP contribution < -0.4 is 5.32 Å². The number of hydrogen-bond donors (Lipinski definition) is 1. The van der Waals surface area contributed by atoms with Crippen LogP contribution in [0.25, 0.3) is 10.6 Å². The third-order valence-corrected chi connectivity index (χ3v) is 5.91. The van der Waals surface area contributed by atoms with E-state index in [1.165, 1.54) is 29.0 Å². The van der Waals surface area contributed by atoms with E-state index in [-0.39, 0.29) is 10.8 Å². The zero-order valence-corrected chi connectivity index (χ0v) is 16.0. The molecule has 0 atom stereocenters. The van der Waals surface area contributed by atoms with Crippen LogP contribution in [0.15, 0.2) is 58.8 Å². The first-order valence-corrected chi connectivity index (χ1v) is 10.8. The summed E-state index contributed by atoms with van der Waals surface area (Å²) >= 11 is 1.41. The Bertz CT molecular complexity index is 1020. The molecule has 0 spiro atoms. The lowest BCUT2D eigenvalue weighted by atomic mass is 10.1. The minimum Gasteiger partial charge on any atom is -0.321 e. The second-order valence-corrected chi connectivity index (χ2v) is 8.71. The molecule has 26 heavy (non-hydrogen) atoms. The first-order valence-electron chi connectivity index (χ1n) is 8.03. The number of benzene rings is 2.